The van der Waals surface area contributed by atoms with Gasteiger partial charge in [0.05, 0.1) is 21.9 Å². The molecule has 1 aromatic carbocycles. The first kappa shape index (κ1) is 13.3. The van der Waals surface area contributed by atoms with Crippen LogP contribution in [0.2, 0.25) is 0 Å². The molecule has 2 rings (SSSR count). The van der Waals surface area contributed by atoms with Gasteiger partial charge in [-0.25, -0.2) is 9.37 Å². The molecule has 0 aliphatic heterocycles. The Balaban J connectivity index is 2.21. The van der Waals surface area contributed by atoms with Gasteiger partial charge in [0.25, 0.3) is 0 Å². The van der Waals surface area contributed by atoms with Crippen molar-refractivity contribution in [2.45, 2.75) is 19.9 Å². The fraction of sp³-hybridized carbons (Fsp3) is 0.250. The molecule has 18 heavy (non-hydrogen) atoms. The monoisotopic (exact) mass is 329 g/mol. The van der Waals surface area contributed by atoms with Crippen molar-refractivity contribution in [3.8, 4) is 0 Å². The van der Waals surface area contributed by atoms with E-state index in [4.69, 9.17) is 5.73 Å². The van der Waals surface area contributed by atoms with Gasteiger partial charge in [0.2, 0.25) is 0 Å². The second-order valence-electron chi connectivity index (χ2n) is 4.03. The summed E-state index contributed by atoms with van der Waals surface area (Å²) in [4.78, 5) is 5.47. The van der Waals surface area contributed by atoms with Crippen molar-refractivity contribution in [1.29, 1.82) is 0 Å². The molecule has 6 heteroatoms. The first-order chi connectivity index (χ1) is 8.47. The molecular weight excluding hydrogens is 317 g/mol. The Morgan fingerprint density at radius 3 is 2.83 bits per heavy atom. The topological polar surface area (TPSA) is 50.9 Å². The highest BCUT2D eigenvalue weighted by Gasteiger charge is 2.12. The van der Waals surface area contributed by atoms with Crippen LogP contribution in [0.4, 0.5) is 15.8 Å². The minimum Gasteiger partial charge on any atom is -0.397 e. The van der Waals surface area contributed by atoms with Gasteiger partial charge in [-0.1, -0.05) is 0 Å². The zero-order chi connectivity index (χ0) is 13.3. The molecule has 0 saturated carbocycles. The van der Waals surface area contributed by atoms with E-state index in [2.05, 4.69) is 26.2 Å². The second-order valence-corrected chi connectivity index (χ2v) is 6.15. The fourth-order valence-electron chi connectivity index (χ4n) is 1.55. The molecule has 3 N–H and O–H groups in total. The van der Waals surface area contributed by atoms with Gasteiger partial charge in [-0.15, -0.1) is 11.3 Å². The van der Waals surface area contributed by atoms with Gasteiger partial charge in [-0.2, -0.15) is 0 Å². The van der Waals surface area contributed by atoms with Crippen molar-refractivity contribution in [3.05, 3.63) is 38.5 Å². The maximum absolute atomic E-state index is 13.3. The molecule has 96 valence electrons. The van der Waals surface area contributed by atoms with Crippen LogP contribution in [0.1, 0.15) is 22.9 Å². The molecule has 1 heterocycles. The standard InChI is InChI=1S/C12H13BrFN3S/c1-6-5-16-12(18-6)7(2)17-11-3-8(13)9(14)4-10(11)15/h3-5,7,17H,15H2,1-2H3. The number of halogens is 2. The summed E-state index contributed by atoms with van der Waals surface area (Å²) in [7, 11) is 0. The molecule has 0 fully saturated rings. The molecule has 0 amide bonds. The number of nitrogens with zero attached hydrogens (tertiary/aromatic N) is 1. The van der Waals surface area contributed by atoms with Gasteiger partial charge < -0.3 is 11.1 Å². The number of hydrogen-bond acceptors (Lipinski definition) is 4. The molecule has 0 bridgehead atoms. The molecule has 2 aromatic rings. The van der Waals surface area contributed by atoms with Crippen molar-refractivity contribution >= 4 is 38.6 Å². The Labute approximate surface area is 117 Å². The molecule has 0 aliphatic rings. The summed E-state index contributed by atoms with van der Waals surface area (Å²) < 4.78 is 13.6. The van der Waals surface area contributed by atoms with E-state index in [0.717, 1.165) is 9.88 Å². The summed E-state index contributed by atoms with van der Waals surface area (Å²) in [6.07, 6.45) is 1.84. The van der Waals surface area contributed by atoms with E-state index in [1.165, 1.54) is 6.07 Å². The van der Waals surface area contributed by atoms with Crippen molar-refractivity contribution in [2.24, 2.45) is 0 Å². The van der Waals surface area contributed by atoms with Gasteiger partial charge in [0, 0.05) is 17.1 Å². The van der Waals surface area contributed by atoms with Gasteiger partial charge in [-0.05, 0) is 35.8 Å². The Kier molecular flexibility index (Phi) is 3.87. The predicted molar refractivity (Wildman–Crippen MR) is 77.4 cm³/mol. The third-order valence-electron chi connectivity index (χ3n) is 2.47. The Hall–Kier alpha value is -1.14. The van der Waals surface area contributed by atoms with Gasteiger partial charge in [0.1, 0.15) is 10.8 Å². The summed E-state index contributed by atoms with van der Waals surface area (Å²) in [6, 6.07) is 2.97. The lowest BCUT2D eigenvalue weighted by atomic mass is 10.2. The number of hydrogen-bond donors (Lipinski definition) is 2. The molecular formula is C12H13BrFN3S. The molecule has 1 atom stereocenters. The van der Waals surface area contributed by atoms with Crippen LogP contribution in [0.5, 0.6) is 0 Å². The summed E-state index contributed by atoms with van der Waals surface area (Å²) in [5.41, 5.74) is 6.86. The molecule has 0 aliphatic carbocycles. The van der Waals surface area contributed by atoms with E-state index < -0.39 is 0 Å². The number of thiazole rings is 1. The highest BCUT2D eigenvalue weighted by atomic mass is 79.9. The van der Waals surface area contributed by atoms with Crippen LogP contribution in [-0.2, 0) is 0 Å². The number of aryl methyl sites for hydroxylation is 1. The minimum absolute atomic E-state index is 0.0309. The maximum Gasteiger partial charge on any atom is 0.139 e. The van der Waals surface area contributed by atoms with Crippen LogP contribution in [-0.4, -0.2) is 4.98 Å². The highest BCUT2D eigenvalue weighted by Crippen LogP contribution is 2.30. The molecule has 0 saturated heterocycles. The van der Waals surface area contributed by atoms with Crippen LogP contribution < -0.4 is 11.1 Å². The normalized spacial score (nSPS) is 12.4. The molecule has 0 radical (unpaired) electrons. The zero-order valence-electron chi connectivity index (χ0n) is 10.00. The predicted octanol–water partition coefficient (Wildman–Crippen LogP) is 4.11. The molecule has 0 spiro atoms. The third kappa shape index (κ3) is 2.81. The van der Waals surface area contributed by atoms with Crippen molar-refractivity contribution in [2.75, 3.05) is 11.1 Å². The number of nitrogens with one attached hydrogen (secondary N) is 1. The summed E-state index contributed by atoms with van der Waals surface area (Å²) in [5.74, 6) is -0.365. The van der Waals surface area contributed by atoms with Crippen molar-refractivity contribution < 1.29 is 4.39 Å². The maximum atomic E-state index is 13.3. The number of benzene rings is 1. The van der Waals surface area contributed by atoms with E-state index in [-0.39, 0.29) is 11.9 Å². The van der Waals surface area contributed by atoms with Crippen molar-refractivity contribution in [1.82, 2.24) is 4.98 Å². The van der Waals surface area contributed by atoms with E-state index in [1.807, 2.05) is 20.0 Å². The lowest BCUT2D eigenvalue weighted by Crippen LogP contribution is -2.08. The first-order valence-electron chi connectivity index (χ1n) is 5.40. The van der Waals surface area contributed by atoms with Gasteiger partial charge in [-0.3, -0.25) is 0 Å². The number of anilines is 2. The van der Waals surface area contributed by atoms with E-state index >= 15 is 0 Å². The first-order valence-corrected chi connectivity index (χ1v) is 7.01. The van der Waals surface area contributed by atoms with E-state index in [1.54, 1.807) is 17.4 Å². The van der Waals surface area contributed by atoms with Crippen LogP contribution in [0.15, 0.2) is 22.8 Å². The van der Waals surface area contributed by atoms with Crippen LogP contribution >= 0.6 is 27.3 Å². The van der Waals surface area contributed by atoms with Gasteiger partial charge in [0.15, 0.2) is 0 Å². The summed E-state index contributed by atoms with van der Waals surface area (Å²) >= 11 is 4.77. The lowest BCUT2D eigenvalue weighted by Gasteiger charge is -2.15. The minimum atomic E-state index is -0.365. The Bertz CT molecular complexity index is 570. The van der Waals surface area contributed by atoms with E-state index in [9.17, 15) is 4.39 Å². The van der Waals surface area contributed by atoms with Gasteiger partial charge >= 0.3 is 0 Å². The summed E-state index contributed by atoms with van der Waals surface area (Å²) in [5, 5.41) is 4.21. The smallest absolute Gasteiger partial charge is 0.139 e. The Morgan fingerprint density at radius 1 is 1.50 bits per heavy atom. The SMILES string of the molecule is Cc1cnc(C(C)Nc2cc(Br)c(F)cc2N)s1. The number of nitrogen functional groups attached to an aromatic ring is 1. The average Bonchev–Trinajstić information content (AvgIpc) is 2.73. The molecule has 3 nitrogen and oxygen atoms in total. The largest absolute Gasteiger partial charge is 0.397 e. The molecule has 1 aromatic heterocycles. The highest BCUT2D eigenvalue weighted by molar-refractivity contribution is 9.10. The number of nitrogens with two attached hydrogens (primary N) is 1. The zero-order valence-corrected chi connectivity index (χ0v) is 12.4. The second kappa shape index (κ2) is 5.24. The van der Waals surface area contributed by atoms with E-state index in [0.29, 0.717) is 15.8 Å². The third-order valence-corrected chi connectivity index (χ3v) is 4.18. The van der Waals surface area contributed by atoms with Crippen molar-refractivity contribution in [3.63, 3.8) is 0 Å². The quantitative estimate of drug-likeness (QED) is 0.833. The van der Waals surface area contributed by atoms with Crippen LogP contribution in [0, 0.1) is 12.7 Å². The average molecular weight is 330 g/mol. The number of aromatic nitrogens is 1. The summed E-state index contributed by atoms with van der Waals surface area (Å²) in [6.45, 7) is 4.01. The Morgan fingerprint density at radius 2 is 2.22 bits per heavy atom. The number of rotatable bonds is 3. The lowest BCUT2D eigenvalue weighted by molar-refractivity contribution is 0.622. The van der Waals surface area contributed by atoms with Crippen LogP contribution in [0.3, 0.4) is 0 Å². The van der Waals surface area contributed by atoms with Crippen LogP contribution in [0.25, 0.3) is 0 Å². The molecule has 1 unspecified atom stereocenters. The fourth-order valence-corrected chi connectivity index (χ4v) is 2.67.